The van der Waals surface area contributed by atoms with Crippen LogP contribution in [0.4, 0.5) is 11.4 Å². The largest absolute Gasteiger partial charge is 0.399 e. The van der Waals surface area contributed by atoms with Gasteiger partial charge < -0.3 is 16.4 Å². The summed E-state index contributed by atoms with van der Waals surface area (Å²) in [5.41, 5.74) is 12.5. The van der Waals surface area contributed by atoms with Crippen LogP contribution in [0.15, 0.2) is 24.3 Å². The molecule has 1 amide bonds. The van der Waals surface area contributed by atoms with Crippen molar-refractivity contribution in [1.82, 2.24) is 0 Å². The molecule has 0 heterocycles. The first-order valence-corrected chi connectivity index (χ1v) is 4.94. The summed E-state index contributed by atoms with van der Waals surface area (Å²) in [6.07, 6.45) is 0.691. The van der Waals surface area contributed by atoms with E-state index in [0.717, 1.165) is 5.69 Å². The highest BCUT2D eigenvalue weighted by Gasteiger charge is 2.18. The molecule has 4 nitrogen and oxygen atoms in total. The number of hydrogen-bond acceptors (Lipinski definition) is 3. The normalized spacial score (nSPS) is 12.1. The standard InChI is InChI=1S/C11H17N3O/c1-3-10(11(13)15)14(2)9-6-4-8(12)5-7-9/h4-7,10H,3,12H2,1-2H3,(H2,13,15). The third-order valence-corrected chi connectivity index (χ3v) is 2.48. The average molecular weight is 207 g/mol. The van der Waals surface area contributed by atoms with Crippen LogP contribution in [0.3, 0.4) is 0 Å². The van der Waals surface area contributed by atoms with Gasteiger partial charge in [-0.2, -0.15) is 0 Å². The van der Waals surface area contributed by atoms with Gasteiger partial charge in [-0.1, -0.05) is 6.92 Å². The zero-order chi connectivity index (χ0) is 11.4. The lowest BCUT2D eigenvalue weighted by atomic mass is 10.1. The fourth-order valence-corrected chi connectivity index (χ4v) is 1.56. The maximum absolute atomic E-state index is 11.2. The molecule has 0 aliphatic heterocycles. The summed E-state index contributed by atoms with van der Waals surface area (Å²) in [6, 6.07) is 7.09. The van der Waals surface area contributed by atoms with E-state index in [1.165, 1.54) is 0 Å². The fraction of sp³-hybridized carbons (Fsp3) is 0.364. The Morgan fingerprint density at radius 1 is 1.40 bits per heavy atom. The maximum atomic E-state index is 11.2. The molecule has 1 unspecified atom stereocenters. The minimum atomic E-state index is -0.308. The molecule has 1 atom stereocenters. The minimum absolute atomic E-state index is 0.270. The Bertz CT molecular complexity index is 334. The lowest BCUT2D eigenvalue weighted by Gasteiger charge is -2.26. The Morgan fingerprint density at radius 2 is 1.93 bits per heavy atom. The SMILES string of the molecule is CCC(C(N)=O)N(C)c1ccc(N)cc1. The predicted molar refractivity (Wildman–Crippen MR) is 62.5 cm³/mol. The fourth-order valence-electron chi connectivity index (χ4n) is 1.56. The summed E-state index contributed by atoms with van der Waals surface area (Å²) in [4.78, 5) is 13.0. The topological polar surface area (TPSA) is 72.4 Å². The van der Waals surface area contributed by atoms with Crippen molar-refractivity contribution in [3.63, 3.8) is 0 Å². The van der Waals surface area contributed by atoms with Gasteiger partial charge in [0.15, 0.2) is 0 Å². The number of rotatable bonds is 4. The summed E-state index contributed by atoms with van der Waals surface area (Å²) in [5.74, 6) is -0.308. The molecule has 15 heavy (non-hydrogen) atoms. The van der Waals surface area contributed by atoms with Gasteiger partial charge in [-0.3, -0.25) is 4.79 Å². The summed E-state index contributed by atoms with van der Waals surface area (Å²) in [7, 11) is 1.85. The highest BCUT2D eigenvalue weighted by Crippen LogP contribution is 2.18. The molecule has 0 bridgehead atoms. The lowest BCUT2D eigenvalue weighted by Crippen LogP contribution is -2.42. The van der Waals surface area contributed by atoms with Crippen LogP contribution >= 0.6 is 0 Å². The van der Waals surface area contributed by atoms with Crippen LogP contribution in [-0.2, 0) is 4.79 Å². The minimum Gasteiger partial charge on any atom is -0.399 e. The van der Waals surface area contributed by atoms with Crippen molar-refractivity contribution < 1.29 is 4.79 Å². The summed E-state index contributed by atoms with van der Waals surface area (Å²) < 4.78 is 0. The molecule has 0 radical (unpaired) electrons. The van der Waals surface area contributed by atoms with Gasteiger partial charge in [0.2, 0.25) is 5.91 Å². The molecule has 1 aromatic carbocycles. The molecule has 0 fully saturated rings. The van der Waals surface area contributed by atoms with Gasteiger partial charge in [0.1, 0.15) is 6.04 Å². The molecule has 0 aliphatic carbocycles. The van der Waals surface area contributed by atoms with Crippen molar-refractivity contribution in [3.05, 3.63) is 24.3 Å². The Balaban J connectivity index is 2.87. The Hall–Kier alpha value is -1.71. The Kier molecular flexibility index (Phi) is 3.55. The molecule has 0 saturated heterocycles. The number of benzene rings is 1. The summed E-state index contributed by atoms with van der Waals surface area (Å²) in [5, 5.41) is 0. The number of nitrogens with two attached hydrogens (primary N) is 2. The number of anilines is 2. The monoisotopic (exact) mass is 207 g/mol. The van der Waals surface area contributed by atoms with E-state index in [0.29, 0.717) is 12.1 Å². The van der Waals surface area contributed by atoms with Crippen molar-refractivity contribution in [1.29, 1.82) is 0 Å². The van der Waals surface area contributed by atoms with Crippen LogP contribution in [-0.4, -0.2) is 19.0 Å². The van der Waals surface area contributed by atoms with Crippen molar-refractivity contribution in [2.24, 2.45) is 5.73 Å². The van der Waals surface area contributed by atoms with Crippen molar-refractivity contribution >= 4 is 17.3 Å². The zero-order valence-corrected chi connectivity index (χ0v) is 9.10. The number of primary amides is 1. The number of amides is 1. The van der Waals surface area contributed by atoms with Gasteiger partial charge in [-0.05, 0) is 30.7 Å². The van der Waals surface area contributed by atoms with Crippen LogP contribution in [0.25, 0.3) is 0 Å². The lowest BCUT2D eigenvalue weighted by molar-refractivity contribution is -0.119. The maximum Gasteiger partial charge on any atom is 0.240 e. The predicted octanol–water partition coefficient (Wildman–Crippen LogP) is 0.969. The van der Waals surface area contributed by atoms with Gasteiger partial charge in [0.25, 0.3) is 0 Å². The molecule has 0 spiro atoms. The van der Waals surface area contributed by atoms with E-state index in [1.54, 1.807) is 12.1 Å². The first-order chi connectivity index (χ1) is 7.06. The molecular weight excluding hydrogens is 190 g/mol. The van der Waals surface area contributed by atoms with E-state index in [1.807, 2.05) is 31.0 Å². The molecule has 0 aliphatic rings. The zero-order valence-electron chi connectivity index (χ0n) is 9.10. The average Bonchev–Trinajstić information content (AvgIpc) is 2.19. The molecule has 4 N–H and O–H groups in total. The van der Waals surface area contributed by atoms with Crippen LogP contribution in [0.2, 0.25) is 0 Å². The Morgan fingerprint density at radius 3 is 2.33 bits per heavy atom. The van der Waals surface area contributed by atoms with Gasteiger partial charge in [0.05, 0.1) is 0 Å². The third kappa shape index (κ3) is 2.62. The molecule has 4 heteroatoms. The summed E-state index contributed by atoms with van der Waals surface area (Å²) in [6.45, 7) is 1.93. The van der Waals surface area contributed by atoms with Crippen LogP contribution in [0, 0.1) is 0 Å². The highest BCUT2D eigenvalue weighted by molar-refractivity contribution is 5.83. The molecule has 0 saturated carbocycles. The molecule has 82 valence electrons. The number of nitrogens with zero attached hydrogens (tertiary/aromatic N) is 1. The van der Waals surface area contributed by atoms with Crippen molar-refractivity contribution in [2.75, 3.05) is 17.7 Å². The van der Waals surface area contributed by atoms with Crippen molar-refractivity contribution in [3.8, 4) is 0 Å². The van der Waals surface area contributed by atoms with Gasteiger partial charge in [-0.25, -0.2) is 0 Å². The smallest absolute Gasteiger partial charge is 0.240 e. The van der Waals surface area contributed by atoms with E-state index in [2.05, 4.69) is 0 Å². The molecule has 0 aromatic heterocycles. The van der Waals surface area contributed by atoms with Gasteiger partial charge in [-0.15, -0.1) is 0 Å². The quantitative estimate of drug-likeness (QED) is 0.722. The van der Waals surface area contributed by atoms with Crippen molar-refractivity contribution in [2.45, 2.75) is 19.4 Å². The van der Waals surface area contributed by atoms with E-state index in [-0.39, 0.29) is 11.9 Å². The second-order valence-electron chi connectivity index (χ2n) is 3.53. The van der Waals surface area contributed by atoms with E-state index < -0.39 is 0 Å². The summed E-state index contributed by atoms with van der Waals surface area (Å²) >= 11 is 0. The molecule has 1 rings (SSSR count). The number of likely N-dealkylation sites (N-methyl/N-ethyl adjacent to an activating group) is 1. The third-order valence-electron chi connectivity index (χ3n) is 2.48. The van der Waals surface area contributed by atoms with E-state index in [4.69, 9.17) is 11.5 Å². The number of hydrogen-bond donors (Lipinski definition) is 2. The second kappa shape index (κ2) is 4.68. The van der Waals surface area contributed by atoms with Crippen LogP contribution < -0.4 is 16.4 Å². The molecular formula is C11H17N3O. The Labute approximate surface area is 89.9 Å². The second-order valence-corrected chi connectivity index (χ2v) is 3.53. The number of nitrogen functional groups attached to an aromatic ring is 1. The number of carbonyl (C=O) groups is 1. The van der Waals surface area contributed by atoms with Crippen LogP contribution in [0.5, 0.6) is 0 Å². The van der Waals surface area contributed by atoms with Crippen LogP contribution in [0.1, 0.15) is 13.3 Å². The molecule has 1 aromatic rings. The van der Waals surface area contributed by atoms with E-state index in [9.17, 15) is 4.79 Å². The first kappa shape index (κ1) is 11.4. The van der Waals surface area contributed by atoms with Gasteiger partial charge >= 0.3 is 0 Å². The van der Waals surface area contributed by atoms with Gasteiger partial charge in [0, 0.05) is 18.4 Å². The first-order valence-electron chi connectivity index (χ1n) is 4.94. The number of carbonyl (C=O) groups excluding carboxylic acids is 1. The van der Waals surface area contributed by atoms with E-state index >= 15 is 0 Å². The highest BCUT2D eigenvalue weighted by atomic mass is 16.1.